The SMILES string of the molecule is CCCCC[C@@H](OC(C)=O)c1ccc([C@@H]2[C@@H](C/C=C\CCCC(=O)OC)CC[C@H]2Cl)cc1. The van der Waals surface area contributed by atoms with Crippen molar-refractivity contribution in [2.24, 2.45) is 5.92 Å². The second-order valence-corrected chi connectivity index (χ2v) is 9.38. The summed E-state index contributed by atoms with van der Waals surface area (Å²) in [5.74, 6) is 0.473. The molecule has 1 aromatic carbocycles. The monoisotopic (exact) mass is 462 g/mol. The van der Waals surface area contributed by atoms with Crippen LogP contribution in [0.15, 0.2) is 36.4 Å². The van der Waals surface area contributed by atoms with E-state index in [1.807, 2.05) is 0 Å². The van der Waals surface area contributed by atoms with E-state index in [-0.39, 0.29) is 23.4 Å². The molecule has 178 valence electrons. The van der Waals surface area contributed by atoms with Gasteiger partial charge in [0.2, 0.25) is 0 Å². The Balaban J connectivity index is 1.97. The van der Waals surface area contributed by atoms with Gasteiger partial charge in [-0.05, 0) is 62.0 Å². The van der Waals surface area contributed by atoms with E-state index in [1.165, 1.54) is 19.6 Å². The molecule has 1 aliphatic rings. The van der Waals surface area contributed by atoms with Crippen molar-refractivity contribution < 1.29 is 19.1 Å². The van der Waals surface area contributed by atoms with Gasteiger partial charge in [-0.3, -0.25) is 9.59 Å². The molecule has 4 atom stereocenters. The molecule has 0 radical (unpaired) electrons. The minimum absolute atomic E-state index is 0.146. The average Bonchev–Trinajstić information content (AvgIpc) is 3.15. The first-order chi connectivity index (χ1) is 15.5. The van der Waals surface area contributed by atoms with Crippen LogP contribution in [0.25, 0.3) is 0 Å². The molecular weight excluding hydrogens is 424 g/mol. The summed E-state index contributed by atoms with van der Waals surface area (Å²) in [6.45, 7) is 3.65. The number of rotatable bonds is 13. The van der Waals surface area contributed by atoms with Gasteiger partial charge in [0.05, 0.1) is 7.11 Å². The third-order valence-corrected chi connectivity index (χ3v) is 6.86. The number of carbonyl (C=O) groups excluding carboxylic acids is 2. The second-order valence-electron chi connectivity index (χ2n) is 8.82. The highest BCUT2D eigenvalue weighted by atomic mass is 35.5. The van der Waals surface area contributed by atoms with Crippen LogP contribution < -0.4 is 0 Å². The van der Waals surface area contributed by atoms with Crippen molar-refractivity contribution in [3.8, 4) is 0 Å². The zero-order valence-corrected chi connectivity index (χ0v) is 20.6. The molecule has 0 bridgehead atoms. The number of hydrogen-bond acceptors (Lipinski definition) is 4. The first kappa shape index (κ1) is 26.4. The maximum atomic E-state index is 11.6. The Bertz CT molecular complexity index is 728. The molecule has 0 aromatic heterocycles. The molecule has 4 nitrogen and oxygen atoms in total. The minimum Gasteiger partial charge on any atom is -0.469 e. The van der Waals surface area contributed by atoms with Crippen LogP contribution in [-0.4, -0.2) is 24.4 Å². The number of halogens is 1. The lowest BCUT2D eigenvalue weighted by Crippen LogP contribution is -2.13. The molecule has 0 amide bonds. The first-order valence-electron chi connectivity index (χ1n) is 12.1. The van der Waals surface area contributed by atoms with Gasteiger partial charge in [-0.2, -0.15) is 0 Å². The number of alkyl halides is 1. The summed E-state index contributed by atoms with van der Waals surface area (Å²) in [6, 6.07) is 8.56. The highest BCUT2D eigenvalue weighted by molar-refractivity contribution is 6.21. The zero-order valence-electron chi connectivity index (χ0n) is 19.9. The van der Waals surface area contributed by atoms with Crippen LogP contribution in [0.3, 0.4) is 0 Å². The van der Waals surface area contributed by atoms with E-state index in [1.54, 1.807) is 0 Å². The minimum atomic E-state index is -0.231. The largest absolute Gasteiger partial charge is 0.469 e. The summed E-state index contributed by atoms with van der Waals surface area (Å²) in [7, 11) is 1.43. The number of ether oxygens (including phenoxy) is 2. The summed E-state index contributed by atoms with van der Waals surface area (Å²) < 4.78 is 10.3. The van der Waals surface area contributed by atoms with Gasteiger partial charge in [0.25, 0.3) is 0 Å². The summed E-state index contributed by atoms with van der Waals surface area (Å²) in [6.07, 6.45) is 13.8. The zero-order chi connectivity index (χ0) is 23.3. The average molecular weight is 463 g/mol. The third-order valence-electron chi connectivity index (χ3n) is 6.37. The van der Waals surface area contributed by atoms with E-state index in [9.17, 15) is 9.59 Å². The predicted molar refractivity (Wildman–Crippen MR) is 130 cm³/mol. The van der Waals surface area contributed by atoms with Gasteiger partial charge in [-0.1, -0.05) is 56.2 Å². The van der Waals surface area contributed by atoms with Crippen molar-refractivity contribution in [1.29, 1.82) is 0 Å². The number of carbonyl (C=O) groups is 2. The fourth-order valence-corrected chi connectivity index (χ4v) is 5.11. The normalized spacial score (nSPS) is 21.6. The van der Waals surface area contributed by atoms with Crippen LogP contribution in [0, 0.1) is 5.92 Å². The highest BCUT2D eigenvalue weighted by Gasteiger charge is 2.35. The smallest absolute Gasteiger partial charge is 0.305 e. The fourth-order valence-electron chi connectivity index (χ4n) is 4.63. The van der Waals surface area contributed by atoms with Gasteiger partial charge in [-0.25, -0.2) is 0 Å². The van der Waals surface area contributed by atoms with E-state index < -0.39 is 0 Å². The van der Waals surface area contributed by atoms with E-state index in [4.69, 9.17) is 16.3 Å². The lowest BCUT2D eigenvalue weighted by atomic mass is 9.85. The summed E-state index contributed by atoms with van der Waals surface area (Å²) in [4.78, 5) is 22.8. The lowest BCUT2D eigenvalue weighted by Gasteiger charge is -2.23. The summed E-state index contributed by atoms with van der Waals surface area (Å²) >= 11 is 6.73. The first-order valence-corrected chi connectivity index (χ1v) is 12.5. The summed E-state index contributed by atoms with van der Waals surface area (Å²) in [5.41, 5.74) is 2.33. The molecule has 0 aliphatic heterocycles. The van der Waals surface area contributed by atoms with E-state index in [0.717, 1.165) is 63.4 Å². The number of hydrogen-bond donors (Lipinski definition) is 0. The van der Waals surface area contributed by atoms with Crippen molar-refractivity contribution >= 4 is 23.5 Å². The van der Waals surface area contributed by atoms with E-state index in [2.05, 4.69) is 48.1 Å². The molecule has 5 heteroatoms. The maximum absolute atomic E-state index is 11.6. The number of esters is 2. The van der Waals surface area contributed by atoms with Crippen LogP contribution in [0.5, 0.6) is 0 Å². The van der Waals surface area contributed by atoms with Crippen LogP contribution in [0.4, 0.5) is 0 Å². The van der Waals surface area contributed by atoms with Gasteiger partial charge < -0.3 is 9.47 Å². The molecule has 1 saturated carbocycles. The van der Waals surface area contributed by atoms with Crippen LogP contribution >= 0.6 is 11.6 Å². The topological polar surface area (TPSA) is 52.6 Å². The Kier molecular flexibility index (Phi) is 11.9. The van der Waals surface area contributed by atoms with Gasteiger partial charge in [0.1, 0.15) is 6.10 Å². The molecule has 1 aromatic rings. The standard InChI is InChI=1S/C27H39ClO4/c1-4-5-8-12-25(32-20(2)29)21-14-16-23(17-15-21)27-22(18-19-24(27)28)11-9-6-7-10-13-26(30)31-3/h6,9,14-17,22,24-25,27H,4-5,7-8,10-13,18-19H2,1-3H3/b9-6-/t22-,24+,25+,27-/m0/s1. The molecule has 1 aliphatic carbocycles. The van der Waals surface area contributed by atoms with Crippen molar-refractivity contribution in [2.45, 2.75) is 95.5 Å². The number of unbranched alkanes of at least 4 members (excludes halogenated alkanes) is 3. The third kappa shape index (κ3) is 8.61. The molecule has 2 rings (SSSR count). The van der Waals surface area contributed by atoms with Gasteiger partial charge in [0, 0.05) is 24.6 Å². The molecule has 0 N–H and O–H groups in total. The molecule has 0 spiro atoms. The lowest BCUT2D eigenvalue weighted by molar-refractivity contribution is -0.147. The Morgan fingerprint density at radius 2 is 1.88 bits per heavy atom. The second kappa shape index (κ2) is 14.4. The highest BCUT2D eigenvalue weighted by Crippen LogP contribution is 2.45. The quantitative estimate of drug-likeness (QED) is 0.134. The van der Waals surface area contributed by atoms with E-state index in [0.29, 0.717) is 18.3 Å². The van der Waals surface area contributed by atoms with Crippen LogP contribution in [0.2, 0.25) is 0 Å². The molecule has 32 heavy (non-hydrogen) atoms. The van der Waals surface area contributed by atoms with Crippen molar-refractivity contribution in [3.05, 3.63) is 47.5 Å². The number of allylic oxidation sites excluding steroid dienone is 2. The van der Waals surface area contributed by atoms with Crippen LogP contribution in [0.1, 0.15) is 101 Å². The number of methoxy groups -OCH3 is 1. The van der Waals surface area contributed by atoms with E-state index >= 15 is 0 Å². The Morgan fingerprint density at radius 1 is 1.12 bits per heavy atom. The maximum Gasteiger partial charge on any atom is 0.305 e. The Labute approximate surface area is 198 Å². The summed E-state index contributed by atoms with van der Waals surface area (Å²) in [5, 5.41) is 0.146. The number of benzene rings is 1. The molecule has 0 heterocycles. The van der Waals surface area contributed by atoms with Gasteiger partial charge >= 0.3 is 11.9 Å². The fraction of sp³-hybridized carbons (Fsp3) is 0.630. The van der Waals surface area contributed by atoms with Crippen molar-refractivity contribution in [1.82, 2.24) is 0 Å². The van der Waals surface area contributed by atoms with Crippen molar-refractivity contribution in [2.75, 3.05) is 7.11 Å². The van der Waals surface area contributed by atoms with Gasteiger partial charge in [0.15, 0.2) is 0 Å². The van der Waals surface area contributed by atoms with Crippen molar-refractivity contribution in [3.63, 3.8) is 0 Å². The van der Waals surface area contributed by atoms with Crippen LogP contribution in [-0.2, 0) is 19.1 Å². The molecule has 0 saturated heterocycles. The molecule has 1 fully saturated rings. The molecule has 0 unspecified atom stereocenters. The molecular formula is C27H39ClO4. The predicted octanol–water partition coefficient (Wildman–Crippen LogP) is 7.26. The Morgan fingerprint density at radius 3 is 2.53 bits per heavy atom. The van der Waals surface area contributed by atoms with Gasteiger partial charge in [-0.15, -0.1) is 11.6 Å². The Hall–Kier alpha value is -1.81.